The van der Waals surface area contributed by atoms with Crippen molar-refractivity contribution < 1.29 is 9.47 Å². The Balaban J connectivity index is 2.25. The lowest BCUT2D eigenvalue weighted by Gasteiger charge is -2.13. The second-order valence-corrected chi connectivity index (χ2v) is 7.75. The Morgan fingerprint density at radius 3 is 2.03 bits per heavy atom. The van der Waals surface area contributed by atoms with Gasteiger partial charge in [-0.15, -0.1) is 0 Å². The molecule has 1 aromatic heterocycles. The minimum atomic E-state index is 0.735. The van der Waals surface area contributed by atoms with E-state index in [1.165, 1.54) is 0 Å². The first kappa shape index (κ1) is 20.3. The molecule has 4 aromatic rings. The van der Waals surface area contributed by atoms with Crippen LogP contribution in [0, 0.1) is 0 Å². The first-order valence-corrected chi connectivity index (χ1v) is 10.7. The molecule has 30 heavy (non-hydrogen) atoms. The van der Waals surface area contributed by atoms with E-state index >= 15 is 0 Å². The van der Waals surface area contributed by atoms with Gasteiger partial charge >= 0.3 is 0 Å². The number of methoxy groups -OCH3 is 2. The average Bonchev–Trinajstić information content (AvgIpc) is 3.14. The van der Waals surface area contributed by atoms with Gasteiger partial charge in [0.05, 0.1) is 35.3 Å². The second-order valence-electron chi connectivity index (χ2n) is 6.95. The van der Waals surface area contributed by atoms with E-state index in [9.17, 15) is 0 Å². The van der Waals surface area contributed by atoms with Crippen LogP contribution >= 0.6 is 15.9 Å². The van der Waals surface area contributed by atoms with E-state index in [2.05, 4.69) is 81.2 Å². The maximum absolute atomic E-state index is 5.86. The summed E-state index contributed by atoms with van der Waals surface area (Å²) in [5, 5.41) is 1.07. The van der Waals surface area contributed by atoms with Gasteiger partial charge in [-0.2, -0.15) is 0 Å². The molecule has 0 bridgehead atoms. The highest BCUT2D eigenvalue weighted by molar-refractivity contribution is 9.10. The summed E-state index contributed by atoms with van der Waals surface area (Å²) in [4.78, 5) is 0. The van der Waals surface area contributed by atoms with Crippen LogP contribution in [0.2, 0.25) is 0 Å². The summed E-state index contributed by atoms with van der Waals surface area (Å²) in [6, 6.07) is 23.0. The molecule has 0 radical (unpaired) electrons. The second kappa shape index (κ2) is 8.80. The molecule has 0 unspecified atom stereocenters. The van der Waals surface area contributed by atoms with Gasteiger partial charge in [-0.05, 0) is 34.0 Å². The standard InChI is InChI=1S/C26H24BrNO2/c1-4-5-16-28-25(19-14-10-7-11-15-19)22(18-12-8-6-9-13-18)23-20(29-2)17-21(30-3)24(27)26(23)28/h4-15,17H,16H2,1-3H3/b5-4+. The molecule has 0 aliphatic heterocycles. The first-order chi connectivity index (χ1) is 14.7. The predicted molar refractivity (Wildman–Crippen MR) is 128 cm³/mol. The molecule has 0 atom stereocenters. The number of ether oxygens (including phenoxy) is 2. The summed E-state index contributed by atoms with van der Waals surface area (Å²) in [6.45, 7) is 2.78. The molecular weight excluding hydrogens is 438 g/mol. The number of benzene rings is 3. The van der Waals surface area contributed by atoms with Gasteiger partial charge in [0.25, 0.3) is 0 Å². The molecule has 0 fully saturated rings. The van der Waals surface area contributed by atoms with Gasteiger partial charge < -0.3 is 14.0 Å². The molecule has 3 nitrogen and oxygen atoms in total. The van der Waals surface area contributed by atoms with E-state index in [1.807, 2.05) is 25.1 Å². The quantitative estimate of drug-likeness (QED) is 0.280. The van der Waals surface area contributed by atoms with Crippen molar-refractivity contribution in [1.82, 2.24) is 4.57 Å². The van der Waals surface area contributed by atoms with Gasteiger partial charge in [0.15, 0.2) is 0 Å². The number of nitrogens with zero attached hydrogens (tertiary/aromatic N) is 1. The van der Waals surface area contributed by atoms with Crippen LogP contribution in [0.25, 0.3) is 33.3 Å². The van der Waals surface area contributed by atoms with Crippen LogP contribution < -0.4 is 9.47 Å². The minimum Gasteiger partial charge on any atom is -0.496 e. The zero-order valence-electron chi connectivity index (χ0n) is 17.4. The highest BCUT2D eigenvalue weighted by Crippen LogP contribution is 2.49. The third kappa shape index (κ3) is 3.41. The van der Waals surface area contributed by atoms with Crippen LogP contribution in [0.1, 0.15) is 6.92 Å². The molecule has 1 heterocycles. The average molecular weight is 462 g/mol. The summed E-state index contributed by atoms with van der Waals surface area (Å²) in [7, 11) is 3.39. The maximum atomic E-state index is 5.86. The van der Waals surface area contributed by atoms with E-state index in [1.54, 1.807) is 14.2 Å². The van der Waals surface area contributed by atoms with Crippen molar-refractivity contribution in [2.75, 3.05) is 14.2 Å². The fraction of sp³-hybridized carbons (Fsp3) is 0.154. The molecule has 152 valence electrons. The summed E-state index contributed by atoms with van der Waals surface area (Å²) >= 11 is 3.82. The summed E-state index contributed by atoms with van der Waals surface area (Å²) in [5.74, 6) is 1.54. The van der Waals surface area contributed by atoms with Crippen LogP contribution in [0.15, 0.2) is 83.4 Å². The predicted octanol–water partition coefficient (Wildman–Crippen LogP) is 7.33. The number of rotatable bonds is 6. The molecule has 0 saturated carbocycles. The third-order valence-electron chi connectivity index (χ3n) is 5.27. The van der Waals surface area contributed by atoms with Crippen molar-refractivity contribution in [1.29, 1.82) is 0 Å². The Kier molecular flexibility index (Phi) is 5.96. The fourth-order valence-electron chi connectivity index (χ4n) is 3.94. The Labute approximate surface area is 185 Å². The van der Waals surface area contributed by atoms with Crippen LogP contribution in [0.5, 0.6) is 11.5 Å². The monoisotopic (exact) mass is 461 g/mol. The number of halogens is 1. The van der Waals surface area contributed by atoms with E-state index in [-0.39, 0.29) is 0 Å². The van der Waals surface area contributed by atoms with Crippen molar-refractivity contribution in [2.24, 2.45) is 0 Å². The number of aromatic nitrogens is 1. The molecule has 0 aliphatic rings. The van der Waals surface area contributed by atoms with E-state index in [0.717, 1.165) is 55.8 Å². The largest absolute Gasteiger partial charge is 0.496 e. The lowest BCUT2D eigenvalue weighted by Crippen LogP contribution is -2.00. The van der Waals surface area contributed by atoms with Crippen molar-refractivity contribution in [3.8, 4) is 33.9 Å². The van der Waals surface area contributed by atoms with E-state index in [4.69, 9.17) is 9.47 Å². The maximum Gasteiger partial charge on any atom is 0.138 e. The van der Waals surface area contributed by atoms with E-state index in [0.29, 0.717) is 0 Å². The van der Waals surface area contributed by atoms with Crippen molar-refractivity contribution in [3.05, 3.63) is 83.4 Å². The molecule has 0 spiro atoms. The van der Waals surface area contributed by atoms with Crippen LogP contribution in [-0.4, -0.2) is 18.8 Å². The normalized spacial score (nSPS) is 11.3. The molecular formula is C26H24BrNO2. The highest BCUT2D eigenvalue weighted by atomic mass is 79.9. The number of hydrogen-bond donors (Lipinski definition) is 0. The topological polar surface area (TPSA) is 23.4 Å². The Hall–Kier alpha value is -2.98. The Bertz CT molecular complexity index is 1190. The van der Waals surface area contributed by atoms with E-state index < -0.39 is 0 Å². The van der Waals surface area contributed by atoms with Gasteiger partial charge in [0.2, 0.25) is 0 Å². The molecule has 0 saturated heterocycles. The molecule has 3 aromatic carbocycles. The SMILES string of the molecule is C/C=C/Cn1c(-c2ccccc2)c(-c2ccccc2)c2c(OC)cc(OC)c(Br)c21. The number of allylic oxidation sites excluding steroid dienone is 2. The number of hydrogen-bond acceptors (Lipinski definition) is 2. The van der Waals surface area contributed by atoms with Crippen LogP contribution in [-0.2, 0) is 6.54 Å². The molecule has 4 rings (SSSR count). The highest BCUT2D eigenvalue weighted by Gasteiger charge is 2.26. The van der Waals surface area contributed by atoms with Crippen molar-refractivity contribution in [3.63, 3.8) is 0 Å². The lowest BCUT2D eigenvalue weighted by molar-refractivity contribution is 0.396. The molecule has 0 aliphatic carbocycles. The third-order valence-corrected chi connectivity index (χ3v) is 6.04. The van der Waals surface area contributed by atoms with Crippen molar-refractivity contribution >= 4 is 26.8 Å². The molecule has 4 heteroatoms. The van der Waals surface area contributed by atoms with Crippen LogP contribution in [0.3, 0.4) is 0 Å². The fourth-order valence-corrected chi connectivity index (χ4v) is 4.63. The van der Waals surface area contributed by atoms with Gasteiger partial charge in [-0.3, -0.25) is 0 Å². The summed E-state index contributed by atoms with van der Waals surface area (Å²) in [5.41, 5.74) is 5.67. The van der Waals surface area contributed by atoms with Gasteiger partial charge in [0, 0.05) is 18.2 Å². The first-order valence-electron chi connectivity index (χ1n) is 9.89. The minimum absolute atomic E-state index is 0.735. The van der Waals surface area contributed by atoms with Gasteiger partial charge in [0.1, 0.15) is 11.5 Å². The molecule has 0 amide bonds. The Morgan fingerprint density at radius 1 is 0.867 bits per heavy atom. The lowest BCUT2D eigenvalue weighted by atomic mass is 9.98. The van der Waals surface area contributed by atoms with Gasteiger partial charge in [-0.25, -0.2) is 0 Å². The zero-order chi connectivity index (χ0) is 21.1. The smallest absolute Gasteiger partial charge is 0.138 e. The summed E-state index contributed by atoms with van der Waals surface area (Å²) in [6.07, 6.45) is 4.24. The van der Waals surface area contributed by atoms with Crippen molar-refractivity contribution in [2.45, 2.75) is 13.5 Å². The Morgan fingerprint density at radius 2 is 1.47 bits per heavy atom. The molecule has 0 N–H and O–H groups in total. The number of fused-ring (bicyclic) bond motifs is 1. The van der Waals surface area contributed by atoms with Crippen LogP contribution in [0.4, 0.5) is 0 Å². The van der Waals surface area contributed by atoms with Gasteiger partial charge in [-0.1, -0.05) is 72.8 Å². The zero-order valence-corrected chi connectivity index (χ0v) is 18.9. The summed E-state index contributed by atoms with van der Waals surface area (Å²) < 4.78 is 14.8.